The van der Waals surface area contributed by atoms with Crippen LogP contribution in [0.3, 0.4) is 0 Å². The molecule has 0 unspecified atom stereocenters. The first-order chi connectivity index (χ1) is 13.9. The number of nitrogens with one attached hydrogen (secondary N) is 2. The molecule has 29 heavy (non-hydrogen) atoms. The molecule has 4 rings (SSSR count). The molecule has 0 fully saturated rings. The Morgan fingerprint density at radius 1 is 1.10 bits per heavy atom. The number of amides is 1. The van der Waals surface area contributed by atoms with Gasteiger partial charge in [-0.1, -0.05) is 0 Å². The number of benzene rings is 1. The highest BCUT2D eigenvalue weighted by Gasteiger charge is 2.20. The lowest BCUT2D eigenvalue weighted by molar-refractivity contribution is 0.0946. The molecule has 0 spiro atoms. The average molecular weight is 394 g/mol. The molecular formula is C22H20F2N4O. The van der Waals surface area contributed by atoms with Gasteiger partial charge in [0.1, 0.15) is 11.6 Å². The van der Waals surface area contributed by atoms with E-state index >= 15 is 0 Å². The Bertz CT molecular complexity index is 1090. The van der Waals surface area contributed by atoms with Crippen LogP contribution in [0.4, 0.5) is 14.5 Å². The zero-order valence-corrected chi connectivity index (χ0v) is 16.1. The highest BCUT2D eigenvalue weighted by molar-refractivity contribution is 5.97. The number of halogens is 2. The Kier molecular flexibility index (Phi) is 4.88. The number of hydrogen-bond donors (Lipinski definition) is 2. The third-order valence-electron chi connectivity index (χ3n) is 4.90. The number of pyridine rings is 1. The van der Waals surface area contributed by atoms with Gasteiger partial charge in [0.15, 0.2) is 0 Å². The van der Waals surface area contributed by atoms with Crippen molar-refractivity contribution < 1.29 is 13.6 Å². The summed E-state index contributed by atoms with van der Waals surface area (Å²) in [5.74, 6) is -1.36. The lowest BCUT2D eigenvalue weighted by Crippen LogP contribution is -2.31. The zero-order valence-electron chi connectivity index (χ0n) is 16.1. The first-order valence-electron chi connectivity index (χ1n) is 9.23. The number of H-pyrrole nitrogens is 1. The summed E-state index contributed by atoms with van der Waals surface area (Å²) in [4.78, 5) is 21.1. The smallest absolute Gasteiger partial charge is 0.253 e. The second-order valence-corrected chi connectivity index (χ2v) is 7.10. The summed E-state index contributed by atoms with van der Waals surface area (Å²) in [5, 5.41) is 2.82. The molecule has 1 aliphatic heterocycles. The lowest BCUT2D eigenvalue weighted by Gasteiger charge is -2.13. The van der Waals surface area contributed by atoms with Gasteiger partial charge < -0.3 is 15.2 Å². The third kappa shape index (κ3) is 3.76. The van der Waals surface area contributed by atoms with Gasteiger partial charge in [-0.15, -0.1) is 0 Å². The summed E-state index contributed by atoms with van der Waals surface area (Å²) in [6.07, 6.45) is 5.32. The van der Waals surface area contributed by atoms with E-state index in [1.165, 1.54) is 18.2 Å². The monoisotopic (exact) mass is 394 g/mol. The number of fused-ring (bicyclic) bond motifs is 1. The van der Waals surface area contributed by atoms with Crippen LogP contribution in [-0.2, 0) is 6.42 Å². The topological polar surface area (TPSA) is 61.0 Å². The van der Waals surface area contributed by atoms with Gasteiger partial charge in [0, 0.05) is 61.5 Å². The molecule has 0 saturated carbocycles. The molecule has 0 radical (unpaired) electrons. The maximum atomic E-state index is 14.3. The van der Waals surface area contributed by atoms with E-state index in [4.69, 9.17) is 0 Å². The van der Waals surface area contributed by atoms with E-state index in [0.29, 0.717) is 23.5 Å². The predicted octanol–water partition coefficient (Wildman–Crippen LogP) is 3.88. The highest BCUT2D eigenvalue weighted by atomic mass is 19.1. The van der Waals surface area contributed by atoms with E-state index in [1.54, 1.807) is 37.3 Å². The molecule has 0 saturated heterocycles. The quantitative estimate of drug-likeness (QED) is 0.706. The maximum absolute atomic E-state index is 14.3. The van der Waals surface area contributed by atoms with Crippen LogP contribution in [0.15, 0.2) is 36.5 Å². The van der Waals surface area contributed by atoms with Gasteiger partial charge in [0.25, 0.3) is 5.91 Å². The molecule has 1 aliphatic rings. The second kappa shape index (κ2) is 7.50. The van der Waals surface area contributed by atoms with E-state index < -0.39 is 11.6 Å². The summed E-state index contributed by atoms with van der Waals surface area (Å²) in [7, 11) is 3.45. The number of aromatic amines is 1. The molecule has 3 aromatic rings. The molecule has 2 N–H and O–H groups in total. The van der Waals surface area contributed by atoms with Crippen molar-refractivity contribution in [2.75, 3.05) is 25.5 Å². The Balaban J connectivity index is 1.63. The van der Waals surface area contributed by atoms with Crippen LogP contribution in [0.1, 0.15) is 27.3 Å². The van der Waals surface area contributed by atoms with Gasteiger partial charge in [-0.25, -0.2) is 8.78 Å². The number of rotatable bonds is 4. The molecule has 7 heteroatoms. The molecule has 0 aliphatic carbocycles. The van der Waals surface area contributed by atoms with Crippen LogP contribution in [0.25, 0.3) is 23.4 Å². The van der Waals surface area contributed by atoms with E-state index in [9.17, 15) is 13.6 Å². The third-order valence-corrected chi connectivity index (χ3v) is 4.90. The maximum Gasteiger partial charge on any atom is 0.253 e. The minimum Gasteiger partial charge on any atom is -0.377 e. The van der Waals surface area contributed by atoms with Crippen LogP contribution in [0.5, 0.6) is 0 Å². The van der Waals surface area contributed by atoms with Crippen molar-refractivity contribution in [3.63, 3.8) is 0 Å². The Labute approximate surface area is 167 Å². The van der Waals surface area contributed by atoms with Crippen LogP contribution in [0, 0.1) is 11.6 Å². The van der Waals surface area contributed by atoms with Gasteiger partial charge in [0.05, 0.1) is 11.3 Å². The first kappa shape index (κ1) is 18.9. The average Bonchev–Trinajstić information content (AvgIpc) is 3.13. The molecule has 148 valence electrons. The lowest BCUT2D eigenvalue weighted by atomic mass is 10.1. The Hall–Kier alpha value is -3.48. The molecule has 3 heterocycles. The van der Waals surface area contributed by atoms with Crippen molar-refractivity contribution in [2.24, 2.45) is 0 Å². The predicted molar refractivity (Wildman–Crippen MR) is 110 cm³/mol. The molecule has 0 bridgehead atoms. The standard InChI is InChI=1S/C22H20F2N4O/c1-28(2)15-10-18(23)16(19(24)11-15)4-3-14-9-13(5-7-25-14)21-12-17-20(27-21)6-8-26-22(17)29/h3-5,7,9-12,27H,6,8H2,1-2H3,(H,26,29)/b4-3+. The van der Waals surface area contributed by atoms with Crippen molar-refractivity contribution in [1.82, 2.24) is 15.3 Å². The fourth-order valence-electron chi connectivity index (χ4n) is 3.31. The first-order valence-corrected chi connectivity index (χ1v) is 9.23. The summed E-state index contributed by atoms with van der Waals surface area (Å²) >= 11 is 0. The Morgan fingerprint density at radius 3 is 2.55 bits per heavy atom. The van der Waals surface area contributed by atoms with Crippen molar-refractivity contribution in [1.29, 1.82) is 0 Å². The molecule has 5 nitrogen and oxygen atoms in total. The van der Waals surface area contributed by atoms with Crippen LogP contribution in [-0.4, -0.2) is 36.5 Å². The van der Waals surface area contributed by atoms with Crippen molar-refractivity contribution >= 4 is 23.7 Å². The largest absolute Gasteiger partial charge is 0.377 e. The zero-order chi connectivity index (χ0) is 20.5. The number of hydrogen-bond acceptors (Lipinski definition) is 3. The van der Waals surface area contributed by atoms with E-state index in [-0.39, 0.29) is 11.5 Å². The number of nitrogens with zero attached hydrogens (tertiary/aromatic N) is 2. The van der Waals surface area contributed by atoms with Crippen molar-refractivity contribution in [2.45, 2.75) is 6.42 Å². The highest BCUT2D eigenvalue weighted by Crippen LogP contribution is 2.26. The number of carbonyl (C=O) groups is 1. The fourth-order valence-corrected chi connectivity index (χ4v) is 3.31. The van der Waals surface area contributed by atoms with Gasteiger partial charge in [0.2, 0.25) is 0 Å². The minimum absolute atomic E-state index is 0.0879. The molecular weight excluding hydrogens is 374 g/mol. The number of aromatic nitrogens is 2. The van der Waals surface area contributed by atoms with Gasteiger partial charge in [-0.2, -0.15) is 0 Å². The van der Waals surface area contributed by atoms with Gasteiger partial charge in [-0.3, -0.25) is 9.78 Å². The number of anilines is 1. The second-order valence-electron chi connectivity index (χ2n) is 7.10. The van der Waals surface area contributed by atoms with Crippen LogP contribution < -0.4 is 10.2 Å². The molecule has 0 atom stereocenters. The van der Waals surface area contributed by atoms with Crippen molar-refractivity contribution in [3.8, 4) is 11.3 Å². The molecule has 1 aromatic carbocycles. The summed E-state index contributed by atoms with van der Waals surface area (Å²) in [5.41, 5.74) is 4.08. The fraction of sp³-hybridized carbons (Fsp3) is 0.182. The summed E-state index contributed by atoms with van der Waals surface area (Å²) in [6, 6.07) is 8.02. The van der Waals surface area contributed by atoms with E-state index in [0.717, 1.165) is 23.4 Å². The summed E-state index contributed by atoms with van der Waals surface area (Å²) in [6.45, 7) is 0.611. The van der Waals surface area contributed by atoms with E-state index in [2.05, 4.69) is 15.3 Å². The van der Waals surface area contributed by atoms with Gasteiger partial charge in [-0.05, 0) is 42.5 Å². The van der Waals surface area contributed by atoms with Gasteiger partial charge >= 0.3 is 0 Å². The Morgan fingerprint density at radius 2 is 1.86 bits per heavy atom. The van der Waals surface area contributed by atoms with Crippen LogP contribution in [0.2, 0.25) is 0 Å². The van der Waals surface area contributed by atoms with E-state index in [1.807, 2.05) is 12.1 Å². The summed E-state index contributed by atoms with van der Waals surface area (Å²) < 4.78 is 28.6. The normalized spacial score (nSPS) is 13.4. The van der Waals surface area contributed by atoms with Crippen LogP contribution >= 0.6 is 0 Å². The SMILES string of the molecule is CN(C)c1cc(F)c(/C=C/c2cc(-c3cc4c([nH]3)CCNC4=O)ccn2)c(F)c1. The number of carbonyl (C=O) groups excluding carboxylic acids is 1. The molecule has 2 aromatic heterocycles. The minimum atomic E-state index is -0.635. The molecule has 1 amide bonds. The van der Waals surface area contributed by atoms with Crippen molar-refractivity contribution in [3.05, 3.63) is 70.7 Å².